The molecule has 0 fully saturated rings. The minimum atomic E-state index is -0.947. The van der Waals surface area contributed by atoms with Crippen molar-refractivity contribution in [2.24, 2.45) is 10.8 Å². The van der Waals surface area contributed by atoms with Crippen molar-refractivity contribution in [2.75, 3.05) is 39.6 Å². The first-order chi connectivity index (χ1) is 15.4. The summed E-state index contributed by atoms with van der Waals surface area (Å²) in [5.41, 5.74) is -1.46. The van der Waals surface area contributed by atoms with E-state index >= 15 is 0 Å². The number of carbonyl (C=O) groups is 4. The van der Waals surface area contributed by atoms with Gasteiger partial charge in [0.25, 0.3) is 0 Å². The molecule has 9 nitrogen and oxygen atoms in total. The first-order valence-corrected chi connectivity index (χ1v) is 11.6. The molecule has 0 unspecified atom stereocenters. The van der Waals surface area contributed by atoms with E-state index in [2.05, 4.69) is 0 Å². The Labute approximate surface area is 197 Å². The Hall–Kier alpha value is -2.00. The van der Waals surface area contributed by atoms with Gasteiger partial charge in [-0.15, -0.1) is 0 Å². The Kier molecular flexibility index (Phi) is 15.6. The molecule has 9 heteroatoms. The smallest absolute Gasteiger partial charge is 0.311 e. The van der Waals surface area contributed by atoms with Gasteiger partial charge in [0, 0.05) is 31.5 Å². The lowest BCUT2D eigenvalue weighted by Gasteiger charge is -2.20. The third kappa shape index (κ3) is 16.3. The summed E-state index contributed by atoms with van der Waals surface area (Å²) in [6.07, 6.45) is 3.68. The number of esters is 2. The molecule has 0 heterocycles. The molecule has 0 saturated heterocycles. The zero-order chi connectivity index (χ0) is 25.3. The number of unbranched alkanes of at least 4 members (excludes halogenated alkanes) is 2. The van der Waals surface area contributed by atoms with Crippen molar-refractivity contribution in [1.29, 1.82) is 0 Å². The minimum absolute atomic E-state index is 0.0698. The van der Waals surface area contributed by atoms with E-state index < -0.39 is 16.8 Å². The van der Waals surface area contributed by atoms with Gasteiger partial charge in [-0.2, -0.15) is 0 Å². The molecule has 33 heavy (non-hydrogen) atoms. The Morgan fingerprint density at radius 1 is 0.636 bits per heavy atom. The fraction of sp³-hybridized carbons (Fsp3) is 0.833. The van der Waals surface area contributed by atoms with Crippen molar-refractivity contribution in [3.05, 3.63) is 0 Å². The van der Waals surface area contributed by atoms with Crippen molar-refractivity contribution in [2.45, 2.75) is 79.6 Å². The summed E-state index contributed by atoms with van der Waals surface area (Å²) in [5.74, 6) is -1.44. The number of ether oxygens (including phenoxy) is 4. The summed E-state index contributed by atoms with van der Waals surface area (Å²) in [6, 6.07) is 0. The van der Waals surface area contributed by atoms with Gasteiger partial charge in [-0.05, 0) is 52.9 Å². The zero-order valence-corrected chi connectivity index (χ0v) is 20.9. The molecule has 0 aromatic heterocycles. The summed E-state index contributed by atoms with van der Waals surface area (Å²) in [5, 5.41) is 8.98. The Morgan fingerprint density at radius 3 is 1.45 bits per heavy atom. The Bertz CT molecular complexity index is 559. The SMILES string of the molecule is CC(=O)C(C)(C)COCCCC(=O)OCCCCCOC(=O)CCCOCC(C)(C)C(=O)O. The molecule has 0 rings (SSSR count). The number of Topliss-reactive ketones (excluding diaryl/α,β-unsaturated/α-hetero) is 1. The van der Waals surface area contributed by atoms with E-state index in [9.17, 15) is 19.2 Å². The maximum Gasteiger partial charge on any atom is 0.311 e. The highest BCUT2D eigenvalue weighted by Crippen LogP contribution is 2.17. The molecular weight excluding hydrogens is 432 g/mol. The number of ketones is 1. The lowest BCUT2D eigenvalue weighted by molar-refractivity contribution is -0.151. The van der Waals surface area contributed by atoms with Gasteiger partial charge >= 0.3 is 17.9 Å². The number of carbonyl (C=O) groups excluding carboxylic acids is 3. The van der Waals surface area contributed by atoms with Crippen molar-refractivity contribution in [3.63, 3.8) is 0 Å². The topological polar surface area (TPSA) is 125 Å². The highest BCUT2D eigenvalue weighted by atomic mass is 16.5. The molecule has 0 amide bonds. The van der Waals surface area contributed by atoms with Crippen LogP contribution in [-0.4, -0.2) is 68.4 Å². The van der Waals surface area contributed by atoms with Crippen LogP contribution >= 0.6 is 0 Å². The first-order valence-electron chi connectivity index (χ1n) is 11.6. The molecule has 0 spiro atoms. The van der Waals surface area contributed by atoms with Crippen molar-refractivity contribution >= 4 is 23.7 Å². The normalized spacial score (nSPS) is 11.8. The van der Waals surface area contributed by atoms with E-state index in [1.807, 2.05) is 13.8 Å². The average molecular weight is 475 g/mol. The Morgan fingerprint density at radius 2 is 1.06 bits per heavy atom. The molecule has 192 valence electrons. The van der Waals surface area contributed by atoms with Crippen LogP contribution < -0.4 is 0 Å². The summed E-state index contributed by atoms with van der Waals surface area (Å²) in [7, 11) is 0. The number of aliphatic carboxylic acids is 1. The molecule has 0 aliphatic carbocycles. The van der Waals surface area contributed by atoms with E-state index in [1.165, 1.54) is 6.92 Å². The van der Waals surface area contributed by atoms with Crippen molar-refractivity contribution in [1.82, 2.24) is 0 Å². The van der Waals surface area contributed by atoms with Gasteiger partial charge in [0.2, 0.25) is 0 Å². The largest absolute Gasteiger partial charge is 0.481 e. The predicted octanol–water partition coefficient (Wildman–Crippen LogP) is 3.56. The molecule has 0 saturated carbocycles. The fourth-order valence-corrected chi connectivity index (χ4v) is 2.35. The quantitative estimate of drug-likeness (QED) is 0.208. The van der Waals surface area contributed by atoms with Gasteiger partial charge in [-0.25, -0.2) is 0 Å². The van der Waals surface area contributed by atoms with E-state index in [1.54, 1.807) is 13.8 Å². The van der Waals surface area contributed by atoms with Crippen LogP contribution in [0.2, 0.25) is 0 Å². The highest BCUT2D eigenvalue weighted by molar-refractivity contribution is 5.81. The predicted molar refractivity (Wildman–Crippen MR) is 122 cm³/mol. The van der Waals surface area contributed by atoms with Crippen LogP contribution in [0, 0.1) is 10.8 Å². The van der Waals surface area contributed by atoms with Crippen LogP contribution in [0.15, 0.2) is 0 Å². The van der Waals surface area contributed by atoms with Gasteiger partial charge in [0.15, 0.2) is 0 Å². The molecular formula is C24H42O9. The second kappa shape index (κ2) is 16.6. The van der Waals surface area contributed by atoms with Crippen molar-refractivity contribution < 1.29 is 43.2 Å². The molecule has 0 aromatic carbocycles. The number of hydrogen-bond acceptors (Lipinski definition) is 8. The maximum absolute atomic E-state index is 11.7. The summed E-state index contributed by atoms with van der Waals surface area (Å²) < 4.78 is 21.1. The van der Waals surface area contributed by atoms with E-state index in [4.69, 9.17) is 24.1 Å². The fourth-order valence-electron chi connectivity index (χ4n) is 2.35. The number of hydrogen-bond donors (Lipinski definition) is 1. The molecule has 0 aromatic rings. The number of carboxylic acids is 1. The number of carboxylic acid groups (broad SMARTS) is 1. The van der Waals surface area contributed by atoms with Gasteiger partial charge < -0.3 is 24.1 Å². The summed E-state index contributed by atoms with van der Waals surface area (Å²) in [6.45, 7) is 10.1. The molecule has 0 bridgehead atoms. The average Bonchev–Trinajstić information content (AvgIpc) is 2.72. The maximum atomic E-state index is 11.7. The third-order valence-corrected chi connectivity index (χ3v) is 5.11. The van der Waals surface area contributed by atoms with Gasteiger partial charge in [-0.3, -0.25) is 19.2 Å². The van der Waals surface area contributed by atoms with Crippen LogP contribution in [0.25, 0.3) is 0 Å². The first kappa shape index (κ1) is 31.0. The highest BCUT2D eigenvalue weighted by Gasteiger charge is 2.27. The second-order valence-electron chi connectivity index (χ2n) is 9.44. The molecule has 0 aliphatic rings. The lowest BCUT2D eigenvalue weighted by atomic mass is 9.90. The van der Waals surface area contributed by atoms with Gasteiger partial charge in [-0.1, -0.05) is 13.8 Å². The van der Waals surface area contributed by atoms with Crippen LogP contribution in [-0.2, 0) is 38.1 Å². The minimum Gasteiger partial charge on any atom is -0.481 e. The molecule has 0 atom stereocenters. The standard InChI is InChI=1S/C24H42O9/c1-19(25)23(2,3)17-30-13-9-11-20(26)32-15-7-6-8-16-33-21(27)12-10-14-31-18-24(4,5)22(28)29/h6-18H2,1-5H3,(H,28,29). The molecule has 0 aliphatic heterocycles. The van der Waals surface area contributed by atoms with E-state index in [-0.39, 0.29) is 37.2 Å². The monoisotopic (exact) mass is 474 g/mol. The molecule has 0 radical (unpaired) electrons. The lowest BCUT2D eigenvalue weighted by Crippen LogP contribution is -2.29. The third-order valence-electron chi connectivity index (χ3n) is 5.11. The Balaban J connectivity index is 3.53. The summed E-state index contributed by atoms with van der Waals surface area (Å²) in [4.78, 5) is 45.7. The van der Waals surface area contributed by atoms with Crippen LogP contribution in [0.3, 0.4) is 0 Å². The number of rotatable bonds is 20. The second-order valence-corrected chi connectivity index (χ2v) is 9.44. The van der Waals surface area contributed by atoms with Gasteiger partial charge in [0.1, 0.15) is 5.78 Å². The summed E-state index contributed by atoms with van der Waals surface area (Å²) >= 11 is 0. The van der Waals surface area contributed by atoms with Crippen LogP contribution in [0.1, 0.15) is 79.6 Å². The van der Waals surface area contributed by atoms with Gasteiger partial charge in [0.05, 0.1) is 31.8 Å². The zero-order valence-electron chi connectivity index (χ0n) is 20.9. The van der Waals surface area contributed by atoms with Crippen molar-refractivity contribution in [3.8, 4) is 0 Å². The van der Waals surface area contributed by atoms with Crippen LogP contribution in [0.4, 0.5) is 0 Å². The van der Waals surface area contributed by atoms with Crippen LogP contribution in [0.5, 0.6) is 0 Å². The molecule has 1 N–H and O–H groups in total. The van der Waals surface area contributed by atoms with E-state index in [0.717, 1.165) is 6.42 Å². The van der Waals surface area contributed by atoms with E-state index in [0.29, 0.717) is 58.7 Å².